The van der Waals surface area contributed by atoms with Gasteiger partial charge in [-0.15, -0.1) is 0 Å². The summed E-state index contributed by atoms with van der Waals surface area (Å²) in [6, 6.07) is 6.02. The molecule has 0 saturated carbocycles. The summed E-state index contributed by atoms with van der Waals surface area (Å²) < 4.78 is 32.0. The van der Waals surface area contributed by atoms with Crippen LogP contribution in [0.2, 0.25) is 0 Å². The summed E-state index contributed by atoms with van der Waals surface area (Å²) in [5.74, 6) is -1.79. The Morgan fingerprint density at radius 1 is 1.14 bits per heavy atom. The van der Waals surface area contributed by atoms with E-state index in [1.165, 1.54) is 0 Å². The molecule has 0 aliphatic carbocycles. The van der Waals surface area contributed by atoms with Crippen LogP contribution >= 0.6 is 0 Å². The van der Waals surface area contributed by atoms with Gasteiger partial charge in [-0.2, -0.15) is 5.10 Å². The fourth-order valence-corrected chi connectivity index (χ4v) is 2.57. The third kappa shape index (κ3) is 1.99. The van der Waals surface area contributed by atoms with Gasteiger partial charge in [0.1, 0.15) is 5.69 Å². The first-order chi connectivity index (χ1) is 10.2. The molecule has 0 saturated heterocycles. The molecule has 0 atom stereocenters. The maximum absolute atomic E-state index is 13.4. The maximum Gasteiger partial charge on any atom is 0.160 e. The number of aromatic nitrogens is 3. The molecule has 0 bridgehead atoms. The lowest BCUT2D eigenvalue weighted by Crippen LogP contribution is -2.11. The van der Waals surface area contributed by atoms with Gasteiger partial charge in [-0.25, -0.2) is 8.78 Å². The SMILES string of the molecule is Fc1cc2[nH]nc(-c3ccc4c(n3)CCOC4)c2cc1F. The Morgan fingerprint density at radius 2 is 2.00 bits per heavy atom. The van der Waals surface area contributed by atoms with Crippen LogP contribution in [0, 0.1) is 11.6 Å². The normalized spacial score (nSPS) is 14.4. The molecule has 0 fully saturated rings. The Hall–Kier alpha value is -2.34. The molecule has 0 unspecified atom stereocenters. The standard InChI is InChI=1S/C15H11F2N3O/c16-10-5-9-14(6-11(10)17)19-20-15(9)13-2-1-8-7-21-4-3-12(8)18-13/h1-2,5-6H,3-4,7H2,(H,19,20). The summed E-state index contributed by atoms with van der Waals surface area (Å²) in [7, 11) is 0. The molecule has 1 N–H and O–H groups in total. The number of pyridine rings is 1. The summed E-state index contributed by atoms with van der Waals surface area (Å²) in [6.45, 7) is 1.20. The monoisotopic (exact) mass is 287 g/mol. The topological polar surface area (TPSA) is 50.8 Å². The zero-order valence-electron chi connectivity index (χ0n) is 11.0. The first-order valence-electron chi connectivity index (χ1n) is 6.62. The van der Waals surface area contributed by atoms with Crippen LogP contribution in [0.25, 0.3) is 22.3 Å². The van der Waals surface area contributed by atoms with Gasteiger partial charge >= 0.3 is 0 Å². The van der Waals surface area contributed by atoms with Gasteiger partial charge in [-0.05, 0) is 17.7 Å². The number of nitrogens with zero attached hydrogens (tertiary/aromatic N) is 2. The number of hydrogen-bond donors (Lipinski definition) is 1. The van der Waals surface area contributed by atoms with Crippen LogP contribution in [0.15, 0.2) is 24.3 Å². The Morgan fingerprint density at radius 3 is 2.90 bits per heavy atom. The lowest BCUT2D eigenvalue weighted by molar-refractivity contribution is 0.109. The van der Waals surface area contributed by atoms with E-state index in [2.05, 4.69) is 15.2 Å². The maximum atomic E-state index is 13.4. The van der Waals surface area contributed by atoms with Crippen molar-refractivity contribution in [2.75, 3.05) is 6.61 Å². The van der Waals surface area contributed by atoms with Crippen LogP contribution in [-0.4, -0.2) is 21.8 Å². The van der Waals surface area contributed by atoms with Crippen molar-refractivity contribution in [3.63, 3.8) is 0 Å². The van der Waals surface area contributed by atoms with Gasteiger partial charge in [-0.1, -0.05) is 6.07 Å². The van der Waals surface area contributed by atoms with Crippen LogP contribution in [0.1, 0.15) is 11.3 Å². The summed E-state index contributed by atoms with van der Waals surface area (Å²) in [5.41, 5.74) is 3.65. The quantitative estimate of drug-likeness (QED) is 0.748. The van der Waals surface area contributed by atoms with Crippen molar-refractivity contribution in [2.24, 2.45) is 0 Å². The number of halogens is 2. The molecule has 0 spiro atoms. The fourth-order valence-electron chi connectivity index (χ4n) is 2.57. The van der Waals surface area contributed by atoms with Crippen molar-refractivity contribution >= 4 is 10.9 Å². The van der Waals surface area contributed by atoms with Crippen molar-refractivity contribution in [1.29, 1.82) is 0 Å². The van der Waals surface area contributed by atoms with E-state index < -0.39 is 11.6 Å². The number of ether oxygens (including phenoxy) is 1. The predicted octanol–water partition coefficient (Wildman–Crippen LogP) is 2.98. The average Bonchev–Trinajstić information content (AvgIpc) is 2.90. The van der Waals surface area contributed by atoms with E-state index in [0.29, 0.717) is 35.5 Å². The van der Waals surface area contributed by atoms with E-state index in [9.17, 15) is 8.78 Å². The minimum absolute atomic E-state index is 0.451. The van der Waals surface area contributed by atoms with Crippen molar-refractivity contribution in [1.82, 2.24) is 15.2 Å². The van der Waals surface area contributed by atoms with E-state index >= 15 is 0 Å². The molecule has 3 aromatic rings. The van der Waals surface area contributed by atoms with Gasteiger partial charge in [0.15, 0.2) is 11.6 Å². The summed E-state index contributed by atoms with van der Waals surface area (Å²) in [4.78, 5) is 4.58. The largest absolute Gasteiger partial charge is 0.376 e. The number of aromatic amines is 1. The number of rotatable bonds is 1. The van der Waals surface area contributed by atoms with E-state index in [4.69, 9.17) is 4.74 Å². The van der Waals surface area contributed by atoms with Gasteiger partial charge in [0.2, 0.25) is 0 Å². The zero-order valence-corrected chi connectivity index (χ0v) is 11.0. The van der Waals surface area contributed by atoms with E-state index in [1.807, 2.05) is 12.1 Å². The number of fused-ring (bicyclic) bond motifs is 2. The average molecular weight is 287 g/mol. The zero-order chi connectivity index (χ0) is 14.4. The van der Waals surface area contributed by atoms with Crippen molar-refractivity contribution in [3.05, 3.63) is 47.2 Å². The van der Waals surface area contributed by atoms with Gasteiger partial charge in [-0.3, -0.25) is 10.1 Å². The molecule has 4 nitrogen and oxygen atoms in total. The van der Waals surface area contributed by atoms with Crippen molar-refractivity contribution in [3.8, 4) is 11.4 Å². The highest BCUT2D eigenvalue weighted by Crippen LogP contribution is 2.28. The van der Waals surface area contributed by atoms with E-state index in [1.54, 1.807) is 0 Å². The Kier molecular flexibility index (Phi) is 2.71. The van der Waals surface area contributed by atoms with E-state index in [0.717, 1.165) is 29.8 Å². The predicted molar refractivity (Wildman–Crippen MR) is 72.6 cm³/mol. The third-order valence-corrected chi connectivity index (χ3v) is 3.66. The Bertz CT molecular complexity index is 844. The second-order valence-corrected chi connectivity index (χ2v) is 4.99. The van der Waals surface area contributed by atoms with Gasteiger partial charge in [0.25, 0.3) is 0 Å². The summed E-state index contributed by atoms with van der Waals surface area (Å²) in [5, 5.41) is 7.38. The Balaban J connectivity index is 1.88. The number of H-pyrrole nitrogens is 1. The van der Waals surface area contributed by atoms with Crippen molar-refractivity contribution in [2.45, 2.75) is 13.0 Å². The summed E-state index contributed by atoms with van der Waals surface area (Å²) >= 11 is 0. The Labute approximate surface area is 118 Å². The van der Waals surface area contributed by atoms with E-state index in [-0.39, 0.29) is 0 Å². The molecule has 2 aromatic heterocycles. The molecule has 1 aliphatic heterocycles. The van der Waals surface area contributed by atoms with Crippen LogP contribution in [0.3, 0.4) is 0 Å². The molecule has 1 aliphatic rings. The molecule has 0 amide bonds. The molecule has 3 heterocycles. The summed E-state index contributed by atoms with van der Waals surface area (Å²) in [6.07, 6.45) is 0.745. The van der Waals surface area contributed by atoms with Gasteiger partial charge in [0.05, 0.1) is 24.4 Å². The lowest BCUT2D eigenvalue weighted by atomic mass is 10.1. The van der Waals surface area contributed by atoms with Crippen LogP contribution in [0.5, 0.6) is 0 Å². The molecular formula is C15H11F2N3O. The van der Waals surface area contributed by atoms with Crippen LogP contribution in [0.4, 0.5) is 8.78 Å². The third-order valence-electron chi connectivity index (χ3n) is 3.66. The van der Waals surface area contributed by atoms with Crippen LogP contribution in [-0.2, 0) is 17.8 Å². The highest BCUT2D eigenvalue weighted by atomic mass is 19.2. The lowest BCUT2D eigenvalue weighted by Gasteiger charge is -2.15. The van der Waals surface area contributed by atoms with Gasteiger partial charge < -0.3 is 4.74 Å². The van der Waals surface area contributed by atoms with Gasteiger partial charge in [0, 0.05) is 23.6 Å². The van der Waals surface area contributed by atoms with Crippen molar-refractivity contribution < 1.29 is 13.5 Å². The minimum atomic E-state index is -0.895. The molecule has 21 heavy (non-hydrogen) atoms. The second kappa shape index (κ2) is 4.60. The molecule has 4 rings (SSSR count). The number of benzene rings is 1. The first-order valence-corrected chi connectivity index (χ1v) is 6.62. The highest BCUT2D eigenvalue weighted by Gasteiger charge is 2.16. The first kappa shape index (κ1) is 12.4. The number of hydrogen-bond acceptors (Lipinski definition) is 3. The van der Waals surface area contributed by atoms with Crippen LogP contribution < -0.4 is 0 Å². The minimum Gasteiger partial charge on any atom is -0.376 e. The smallest absolute Gasteiger partial charge is 0.160 e. The second-order valence-electron chi connectivity index (χ2n) is 4.99. The highest BCUT2D eigenvalue weighted by molar-refractivity contribution is 5.92. The molecule has 106 valence electrons. The molecular weight excluding hydrogens is 276 g/mol. The molecule has 6 heteroatoms. The molecule has 0 radical (unpaired) electrons. The number of nitrogens with one attached hydrogen (secondary N) is 1. The molecule has 1 aromatic carbocycles. The fraction of sp³-hybridized carbons (Fsp3) is 0.200.